The van der Waals surface area contributed by atoms with E-state index in [4.69, 9.17) is 14.2 Å². The summed E-state index contributed by atoms with van der Waals surface area (Å²) in [5.41, 5.74) is 1.51. The van der Waals surface area contributed by atoms with Gasteiger partial charge in [-0.05, 0) is 38.5 Å². The van der Waals surface area contributed by atoms with E-state index < -0.39 is 5.97 Å². The molecule has 0 aliphatic heterocycles. The van der Waals surface area contributed by atoms with Gasteiger partial charge in [0.15, 0.2) is 11.5 Å². The number of hydrogen-bond acceptors (Lipinski definition) is 6. The maximum atomic E-state index is 12.7. The third kappa shape index (κ3) is 3.76. The van der Waals surface area contributed by atoms with E-state index in [1.54, 1.807) is 25.1 Å². The van der Waals surface area contributed by atoms with Crippen LogP contribution in [0.4, 0.5) is 5.00 Å². The first-order valence-corrected chi connectivity index (χ1v) is 8.55. The molecule has 1 amide bonds. The van der Waals surface area contributed by atoms with Crippen molar-refractivity contribution in [2.24, 2.45) is 0 Å². The topological polar surface area (TPSA) is 73.9 Å². The Kier molecular flexibility index (Phi) is 6.03. The number of nitrogens with one attached hydrogen (secondary N) is 1. The van der Waals surface area contributed by atoms with Gasteiger partial charge < -0.3 is 19.5 Å². The number of amides is 1. The van der Waals surface area contributed by atoms with Gasteiger partial charge in [0.2, 0.25) is 0 Å². The van der Waals surface area contributed by atoms with Crippen LogP contribution in [0.1, 0.15) is 38.1 Å². The van der Waals surface area contributed by atoms with Crippen LogP contribution in [0.25, 0.3) is 0 Å². The molecule has 0 saturated carbocycles. The Morgan fingerprint density at radius 3 is 2.48 bits per heavy atom. The van der Waals surface area contributed by atoms with E-state index >= 15 is 0 Å². The number of para-hydroxylation sites is 1. The Morgan fingerprint density at radius 1 is 1.16 bits per heavy atom. The van der Waals surface area contributed by atoms with Crippen molar-refractivity contribution in [3.8, 4) is 11.5 Å². The zero-order valence-corrected chi connectivity index (χ0v) is 15.7. The zero-order valence-electron chi connectivity index (χ0n) is 14.9. The van der Waals surface area contributed by atoms with Crippen molar-refractivity contribution in [1.29, 1.82) is 0 Å². The van der Waals surface area contributed by atoms with Gasteiger partial charge >= 0.3 is 5.97 Å². The van der Waals surface area contributed by atoms with Crippen LogP contribution >= 0.6 is 11.3 Å². The van der Waals surface area contributed by atoms with Crippen molar-refractivity contribution in [2.75, 3.05) is 26.1 Å². The lowest BCUT2D eigenvalue weighted by molar-refractivity contribution is 0.0527. The van der Waals surface area contributed by atoms with Crippen molar-refractivity contribution < 1.29 is 23.8 Å². The fraction of sp³-hybridized carbons (Fsp3) is 0.333. The molecular formula is C18H21NO5S. The van der Waals surface area contributed by atoms with Crippen LogP contribution in [-0.2, 0) is 4.74 Å². The normalized spacial score (nSPS) is 10.3. The van der Waals surface area contributed by atoms with Crippen LogP contribution < -0.4 is 14.8 Å². The lowest BCUT2D eigenvalue weighted by Gasteiger charge is -2.12. The van der Waals surface area contributed by atoms with Crippen molar-refractivity contribution in [3.05, 3.63) is 39.8 Å². The van der Waals surface area contributed by atoms with Gasteiger partial charge in [0.1, 0.15) is 5.00 Å². The number of hydrogen-bond donors (Lipinski definition) is 1. The van der Waals surface area contributed by atoms with Crippen LogP contribution in [0, 0.1) is 13.8 Å². The number of ether oxygens (including phenoxy) is 3. The molecule has 0 radical (unpaired) electrons. The number of methoxy groups -OCH3 is 2. The van der Waals surface area contributed by atoms with E-state index in [1.807, 2.05) is 13.8 Å². The van der Waals surface area contributed by atoms with E-state index in [9.17, 15) is 9.59 Å². The molecule has 7 heteroatoms. The highest BCUT2D eigenvalue weighted by Gasteiger charge is 2.24. The summed E-state index contributed by atoms with van der Waals surface area (Å²) in [6.07, 6.45) is 0. The molecule has 0 saturated heterocycles. The summed E-state index contributed by atoms with van der Waals surface area (Å²) < 4.78 is 15.6. The first-order chi connectivity index (χ1) is 11.9. The summed E-state index contributed by atoms with van der Waals surface area (Å²) in [5, 5.41) is 3.26. The van der Waals surface area contributed by atoms with E-state index in [-0.39, 0.29) is 12.5 Å². The van der Waals surface area contributed by atoms with E-state index in [2.05, 4.69) is 5.32 Å². The van der Waals surface area contributed by atoms with Crippen molar-refractivity contribution >= 4 is 28.2 Å². The quantitative estimate of drug-likeness (QED) is 0.790. The molecule has 1 N–H and O–H groups in total. The first-order valence-electron chi connectivity index (χ1n) is 7.74. The molecule has 25 heavy (non-hydrogen) atoms. The number of carbonyl (C=O) groups is 2. The lowest BCUT2D eigenvalue weighted by atomic mass is 10.1. The van der Waals surface area contributed by atoms with Crippen molar-refractivity contribution in [2.45, 2.75) is 20.8 Å². The number of esters is 1. The largest absolute Gasteiger partial charge is 0.493 e. The summed E-state index contributed by atoms with van der Waals surface area (Å²) in [7, 11) is 2.97. The molecule has 134 valence electrons. The Bertz CT molecular complexity index is 797. The van der Waals surface area contributed by atoms with Gasteiger partial charge in [-0.25, -0.2) is 4.79 Å². The predicted octanol–water partition coefficient (Wildman–Crippen LogP) is 3.81. The number of rotatable bonds is 6. The molecule has 6 nitrogen and oxygen atoms in total. The highest BCUT2D eigenvalue weighted by Crippen LogP contribution is 2.35. The summed E-state index contributed by atoms with van der Waals surface area (Å²) in [6.45, 7) is 5.74. The van der Waals surface area contributed by atoms with E-state index in [1.165, 1.54) is 25.6 Å². The van der Waals surface area contributed by atoms with Crippen LogP contribution in [0.3, 0.4) is 0 Å². The SMILES string of the molecule is CCOC(=O)c1c(NC(=O)c2cccc(OC)c2OC)sc(C)c1C. The molecule has 2 aromatic rings. The molecule has 0 bridgehead atoms. The van der Waals surface area contributed by atoms with Gasteiger partial charge in [0.05, 0.1) is 32.0 Å². The Labute approximate surface area is 150 Å². The second kappa shape index (κ2) is 8.02. The zero-order chi connectivity index (χ0) is 18.6. The minimum atomic E-state index is -0.447. The average Bonchev–Trinajstić information content (AvgIpc) is 2.87. The number of aryl methyl sites for hydroxylation is 1. The Balaban J connectivity index is 2.39. The molecule has 1 heterocycles. The minimum absolute atomic E-state index is 0.268. The van der Waals surface area contributed by atoms with E-state index in [0.717, 1.165) is 10.4 Å². The third-order valence-corrected chi connectivity index (χ3v) is 4.86. The standard InChI is InChI=1S/C18H21NO5S/c1-6-24-18(21)14-10(2)11(3)25-17(14)19-16(20)12-8-7-9-13(22-4)15(12)23-5/h7-9H,6H2,1-5H3,(H,19,20). The number of carbonyl (C=O) groups excluding carboxylic acids is 2. The molecule has 1 aromatic carbocycles. The third-order valence-electron chi connectivity index (χ3n) is 3.74. The van der Waals surface area contributed by atoms with Crippen LogP contribution in [0.2, 0.25) is 0 Å². The fourth-order valence-corrected chi connectivity index (χ4v) is 3.44. The van der Waals surface area contributed by atoms with Crippen molar-refractivity contribution in [3.63, 3.8) is 0 Å². The van der Waals surface area contributed by atoms with Gasteiger partial charge in [-0.3, -0.25) is 4.79 Å². The van der Waals surface area contributed by atoms with Crippen molar-refractivity contribution in [1.82, 2.24) is 0 Å². The van der Waals surface area contributed by atoms with Gasteiger partial charge in [-0.2, -0.15) is 0 Å². The predicted molar refractivity (Wildman–Crippen MR) is 97.2 cm³/mol. The second-order valence-corrected chi connectivity index (χ2v) is 6.43. The Hall–Kier alpha value is -2.54. The minimum Gasteiger partial charge on any atom is -0.493 e. The maximum absolute atomic E-state index is 12.7. The molecular weight excluding hydrogens is 342 g/mol. The summed E-state index contributed by atoms with van der Waals surface area (Å²) >= 11 is 1.34. The monoisotopic (exact) mass is 363 g/mol. The highest BCUT2D eigenvalue weighted by atomic mass is 32.1. The molecule has 0 spiro atoms. The van der Waals surface area contributed by atoms with Gasteiger partial charge in [-0.15, -0.1) is 11.3 Å². The summed E-state index contributed by atoms with van der Waals surface area (Å²) in [4.78, 5) is 25.9. The average molecular weight is 363 g/mol. The molecule has 0 aliphatic carbocycles. The molecule has 2 rings (SSSR count). The molecule has 0 fully saturated rings. The number of thiophene rings is 1. The smallest absolute Gasteiger partial charge is 0.341 e. The van der Waals surface area contributed by atoms with E-state index in [0.29, 0.717) is 27.6 Å². The molecule has 1 aromatic heterocycles. The maximum Gasteiger partial charge on any atom is 0.341 e. The fourth-order valence-electron chi connectivity index (χ4n) is 2.40. The highest BCUT2D eigenvalue weighted by molar-refractivity contribution is 7.16. The van der Waals surface area contributed by atoms with Gasteiger partial charge in [0, 0.05) is 4.88 Å². The first kappa shape index (κ1) is 18.8. The lowest BCUT2D eigenvalue weighted by Crippen LogP contribution is -2.16. The second-order valence-electron chi connectivity index (χ2n) is 5.20. The van der Waals surface area contributed by atoms with Crippen LogP contribution in [-0.4, -0.2) is 32.7 Å². The van der Waals surface area contributed by atoms with Crippen LogP contribution in [0.5, 0.6) is 11.5 Å². The van der Waals surface area contributed by atoms with Gasteiger partial charge in [-0.1, -0.05) is 6.07 Å². The summed E-state index contributed by atoms with van der Waals surface area (Å²) in [5.74, 6) is -0.0377. The molecule has 0 atom stereocenters. The Morgan fingerprint density at radius 2 is 1.88 bits per heavy atom. The number of benzene rings is 1. The van der Waals surface area contributed by atoms with Gasteiger partial charge in [0.25, 0.3) is 5.91 Å². The number of anilines is 1. The van der Waals surface area contributed by atoms with Crippen LogP contribution in [0.15, 0.2) is 18.2 Å². The molecule has 0 unspecified atom stereocenters. The summed E-state index contributed by atoms with van der Waals surface area (Å²) in [6, 6.07) is 5.04. The molecule has 0 aliphatic rings.